The summed E-state index contributed by atoms with van der Waals surface area (Å²) >= 11 is 6.29. The summed E-state index contributed by atoms with van der Waals surface area (Å²) in [5, 5.41) is 5.62. The van der Waals surface area contributed by atoms with Gasteiger partial charge in [0, 0.05) is 37.3 Å². The molecule has 0 aliphatic heterocycles. The van der Waals surface area contributed by atoms with Crippen LogP contribution in [0.5, 0.6) is 11.5 Å². The summed E-state index contributed by atoms with van der Waals surface area (Å²) < 4.78 is 27.5. The van der Waals surface area contributed by atoms with Crippen molar-refractivity contribution in [3.8, 4) is 22.8 Å². The minimum Gasteiger partial charge on any atom is -0.487 e. The minimum atomic E-state index is 0.384. The predicted octanol–water partition coefficient (Wildman–Crippen LogP) is 4.58. The summed E-state index contributed by atoms with van der Waals surface area (Å²) in [4.78, 5) is 8.89. The molecule has 0 aliphatic rings. The number of methoxy groups -OCH3 is 2. The van der Waals surface area contributed by atoms with E-state index in [1.807, 2.05) is 42.5 Å². The number of ether oxygens (including phenoxy) is 4. The Balaban J connectivity index is 1.64. The Morgan fingerprint density at radius 3 is 2.33 bits per heavy atom. The Morgan fingerprint density at radius 1 is 0.879 bits per heavy atom. The number of benzene rings is 2. The average molecular weight is 470 g/mol. The first-order valence-electron chi connectivity index (χ1n) is 10.4. The van der Waals surface area contributed by atoms with Crippen molar-refractivity contribution >= 4 is 22.5 Å². The normalized spacial score (nSPS) is 11.1. The first-order valence-corrected chi connectivity index (χ1v) is 10.8. The van der Waals surface area contributed by atoms with Gasteiger partial charge in [0.15, 0.2) is 11.5 Å². The molecule has 0 amide bonds. The fourth-order valence-electron chi connectivity index (χ4n) is 3.31. The van der Waals surface area contributed by atoms with Crippen LogP contribution in [-0.2, 0) is 15.9 Å². The second-order valence-electron chi connectivity index (χ2n) is 7.15. The number of halogens is 1. The summed E-state index contributed by atoms with van der Waals surface area (Å²) in [5.74, 6) is 1.83. The van der Waals surface area contributed by atoms with E-state index in [9.17, 15) is 0 Å². The van der Waals surface area contributed by atoms with Crippen LogP contribution >= 0.6 is 11.6 Å². The Hall–Kier alpha value is -3.20. The van der Waals surface area contributed by atoms with E-state index in [1.165, 1.54) is 6.33 Å². The highest BCUT2D eigenvalue weighted by molar-refractivity contribution is 6.33. The van der Waals surface area contributed by atoms with Crippen LogP contribution in [0, 0.1) is 0 Å². The fraction of sp³-hybridized carbons (Fsp3) is 0.292. The van der Waals surface area contributed by atoms with Crippen molar-refractivity contribution in [1.82, 2.24) is 15.1 Å². The van der Waals surface area contributed by atoms with Crippen LogP contribution in [0.4, 0.5) is 0 Å². The molecule has 2 aromatic heterocycles. The van der Waals surface area contributed by atoms with Crippen LogP contribution < -0.4 is 9.47 Å². The number of fused-ring (bicyclic) bond motifs is 1. The van der Waals surface area contributed by atoms with Gasteiger partial charge >= 0.3 is 0 Å². The number of aromatic nitrogens is 3. The smallest absolute Gasteiger partial charge is 0.163 e. The molecule has 2 aromatic carbocycles. The molecule has 0 saturated carbocycles. The Morgan fingerprint density at radius 2 is 1.61 bits per heavy atom. The van der Waals surface area contributed by atoms with E-state index in [1.54, 1.807) is 14.2 Å². The Kier molecular flexibility index (Phi) is 7.72. The maximum Gasteiger partial charge on any atom is 0.163 e. The second-order valence-corrected chi connectivity index (χ2v) is 7.56. The van der Waals surface area contributed by atoms with Crippen molar-refractivity contribution < 1.29 is 23.5 Å². The zero-order valence-corrected chi connectivity index (χ0v) is 19.2. The monoisotopic (exact) mass is 469 g/mol. The molecule has 0 radical (unpaired) electrons. The van der Waals surface area contributed by atoms with Crippen molar-refractivity contribution in [3.63, 3.8) is 0 Å². The topological polar surface area (TPSA) is 88.7 Å². The zero-order valence-electron chi connectivity index (χ0n) is 18.4. The van der Waals surface area contributed by atoms with Crippen molar-refractivity contribution in [1.29, 1.82) is 0 Å². The van der Waals surface area contributed by atoms with Crippen molar-refractivity contribution in [2.45, 2.75) is 6.42 Å². The fourth-order valence-corrected chi connectivity index (χ4v) is 3.54. The molecule has 9 heteroatoms. The summed E-state index contributed by atoms with van der Waals surface area (Å²) in [7, 11) is 3.25. The second kappa shape index (κ2) is 11.1. The third-order valence-corrected chi connectivity index (χ3v) is 5.25. The van der Waals surface area contributed by atoms with Gasteiger partial charge in [-0.05, 0) is 12.1 Å². The number of hydrogen-bond donors (Lipinski definition) is 0. The van der Waals surface area contributed by atoms with Crippen molar-refractivity contribution in [2.24, 2.45) is 0 Å². The van der Waals surface area contributed by atoms with Gasteiger partial charge in [-0.15, -0.1) is 0 Å². The lowest BCUT2D eigenvalue weighted by atomic mass is 10.1. The van der Waals surface area contributed by atoms with Gasteiger partial charge in [-0.2, -0.15) is 0 Å². The Labute approximate surface area is 196 Å². The van der Waals surface area contributed by atoms with Gasteiger partial charge in [-0.25, -0.2) is 9.97 Å². The highest BCUT2D eigenvalue weighted by Crippen LogP contribution is 2.34. The Bertz CT molecular complexity index is 1210. The lowest BCUT2D eigenvalue weighted by molar-refractivity contribution is 0.132. The lowest BCUT2D eigenvalue weighted by Crippen LogP contribution is -2.09. The summed E-state index contributed by atoms with van der Waals surface area (Å²) in [6.45, 7) is 1.69. The third-order valence-electron chi connectivity index (χ3n) is 4.92. The van der Waals surface area contributed by atoms with E-state index in [0.29, 0.717) is 60.8 Å². The molecule has 0 unspecified atom stereocenters. The summed E-state index contributed by atoms with van der Waals surface area (Å²) in [6.07, 6.45) is 1.95. The highest BCUT2D eigenvalue weighted by Gasteiger charge is 2.15. The third kappa shape index (κ3) is 5.60. The molecule has 33 heavy (non-hydrogen) atoms. The number of hydrogen-bond acceptors (Lipinski definition) is 8. The van der Waals surface area contributed by atoms with Gasteiger partial charge in [0.2, 0.25) is 0 Å². The molecule has 0 aliphatic carbocycles. The summed E-state index contributed by atoms with van der Waals surface area (Å²) in [6, 6.07) is 13.1. The van der Waals surface area contributed by atoms with E-state index < -0.39 is 0 Å². The van der Waals surface area contributed by atoms with Crippen LogP contribution in [0.2, 0.25) is 5.02 Å². The maximum absolute atomic E-state index is 6.29. The molecule has 4 rings (SSSR count). The van der Waals surface area contributed by atoms with E-state index in [2.05, 4.69) is 15.1 Å². The molecule has 0 saturated heterocycles. The minimum absolute atomic E-state index is 0.384. The predicted molar refractivity (Wildman–Crippen MR) is 124 cm³/mol. The molecular formula is C24H24ClN3O5. The SMILES string of the molecule is COCCOc1cc2ncnc(Cc3cc(-c4ccccc4Cl)no3)c2cc1OCCOC. The average Bonchev–Trinajstić information content (AvgIpc) is 3.28. The van der Waals surface area contributed by atoms with E-state index >= 15 is 0 Å². The van der Waals surface area contributed by atoms with Crippen molar-refractivity contribution in [3.05, 3.63) is 65.3 Å². The molecular weight excluding hydrogens is 446 g/mol. The van der Waals surface area contributed by atoms with Crippen LogP contribution in [0.15, 0.2) is 53.3 Å². The molecule has 8 nitrogen and oxygen atoms in total. The largest absolute Gasteiger partial charge is 0.487 e. The van der Waals surface area contributed by atoms with E-state index in [4.69, 9.17) is 35.1 Å². The van der Waals surface area contributed by atoms with Gasteiger partial charge in [0.05, 0.1) is 35.9 Å². The van der Waals surface area contributed by atoms with Crippen molar-refractivity contribution in [2.75, 3.05) is 40.6 Å². The van der Waals surface area contributed by atoms with Crippen LogP contribution in [0.3, 0.4) is 0 Å². The van der Waals surface area contributed by atoms with Gasteiger partial charge in [0.25, 0.3) is 0 Å². The van der Waals surface area contributed by atoms with Gasteiger partial charge in [-0.3, -0.25) is 0 Å². The number of rotatable bonds is 11. The summed E-state index contributed by atoms with van der Waals surface area (Å²) in [5.41, 5.74) is 3.00. The standard InChI is InChI=1S/C24H24ClN3O5/c1-29-7-9-31-23-13-18-20(26-15-27-21(18)14-24(23)32-10-8-30-2)11-16-12-22(28-33-16)17-5-3-4-6-19(17)25/h3-6,12-15H,7-11H2,1-2H3. The van der Waals surface area contributed by atoms with Crippen LogP contribution in [0.1, 0.15) is 11.5 Å². The van der Waals surface area contributed by atoms with Crippen LogP contribution in [-0.4, -0.2) is 55.8 Å². The van der Waals surface area contributed by atoms with Gasteiger partial charge in [-0.1, -0.05) is 35.0 Å². The molecule has 0 spiro atoms. The molecule has 0 fully saturated rings. The molecule has 0 N–H and O–H groups in total. The van der Waals surface area contributed by atoms with E-state index in [0.717, 1.165) is 22.2 Å². The molecule has 0 atom stereocenters. The van der Waals surface area contributed by atoms with Gasteiger partial charge < -0.3 is 23.5 Å². The first-order chi connectivity index (χ1) is 16.2. The maximum atomic E-state index is 6.29. The quantitative estimate of drug-likeness (QED) is 0.295. The highest BCUT2D eigenvalue weighted by atomic mass is 35.5. The molecule has 0 bridgehead atoms. The molecule has 4 aromatic rings. The van der Waals surface area contributed by atoms with Crippen LogP contribution in [0.25, 0.3) is 22.2 Å². The number of nitrogens with zero attached hydrogens (tertiary/aromatic N) is 3. The molecule has 172 valence electrons. The zero-order chi connectivity index (χ0) is 23.0. The first kappa shape index (κ1) is 23.0. The lowest BCUT2D eigenvalue weighted by Gasteiger charge is -2.14. The molecule has 2 heterocycles. The van der Waals surface area contributed by atoms with Gasteiger partial charge in [0.1, 0.15) is 31.0 Å². The van der Waals surface area contributed by atoms with E-state index in [-0.39, 0.29) is 0 Å².